The molecule has 0 spiro atoms. The van der Waals surface area contributed by atoms with Gasteiger partial charge in [0.25, 0.3) is 0 Å². The van der Waals surface area contributed by atoms with Crippen molar-refractivity contribution in [2.45, 2.75) is 16.9 Å². The molecule has 0 aliphatic carbocycles. The van der Waals surface area contributed by atoms with Crippen LogP contribution in [0.1, 0.15) is 12.8 Å². The Bertz CT molecular complexity index is 302. The number of allylic oxidation sites excluding steroid dienone is 2. The van der Waals surface area contributed by atoms with E-state index in [9.17, 15) is 4.79 Å². The number of likely N-dealkylation sites (tertiary alicyclic amines) is 1. The first-order valence-corrected chi connectivity index (χ1v) is 7.51. The van der Waals surface area contributed by atoms with Gasteiger partial charge in [0.05, 0.1) is 0 Å². The second kappa shape index (κ2) is 6.12. The van der Waals surface area contributed by atoms with Crippen molar-refractivity contribution in [2.75, 3.05) is 20.6 Å². The van der Waals surface area contributed by atoms with Gasteiger partial charge in [-0.3, -0.25) is 0 Å². The molecule has 1 aliphatic heterocycles. The Balaban J connectivity index is 2.79. The van der Waals surface area contributed by atoms with E-state index in [4.69, 9.17) is 5.11 Å². The molecular formula is C11H18IN2O2-. The zero-order valence-electron chi connectivity index (χ0n) is 9.69. The quantitative estimate of drug-likeness (QED) is 0.224. The standard InChI is InChI=1S/C11H18IN2O2/c1-4-6-10(13(2)3)14-8-5-7-9(14)12-11(15)16/h4,6,9H,1,5,7-8H2,2-3H3,(H,15,16)/q-1/b10-6+. The zero-order chi connectivity index (χ0) is 12.1. The maximum atomic E-state index is 10.8. The number of nitrogens with zero attached hydrogens (tertiary/aromatic N) is 2. The molecule has 0 aromatic rings. The predicted molar refractivity (Wildman–Crippen MR) is 59.7 cm³/mol. The van der Waals surface area contributed by atoms with Gasteiger partial charge in [-0.1, -0.05) is 0 Å². The van der Waals surface area contributed by atoms with Gasteiger partial charge in [0, 0.05) is 0 Å². The van der Waals surface area contributed by atoms with Gasteiger partial charge in [-0.15, -0.1) is 0 Å². The van der Waals surface area contributed by atoms with Crippen molar-refractivity contribution in [1.82, 2.24) is 9.80 Å². The third-order valence-electron chi connectivity index (χ3n) is 2.42. The molecule has 1 N–H and O–H groups in total. The van der Waals surface area contributed by atoms with Crippen molar-refractivity contribution in [3.63, 3.8) is 0 Å². The van der Waals surface area contributed by atoms with Crippen LogP contribution in [0.25, 0.3) is 0 Å². The Morgan fingerprint density at radius 2 is 2.31 bits per heavy atom. The van der Waals surface area contributed by atoms with Crippen LogP contribution >= 0.6 is 0 Å². The van der Waals surface area contributed by atoms with Crippen molar-refractivity contribution in [3.05, 3.63) is 24.6 Å². The summed E-state index contributed by atoms with van der Waals surface area (Å²) in [7, 11) is 3.95. The molecule has 5 heteroatoms. The number of carboxylic acid groups (broad SMARTS) is 1. The summed E-state index contributed by atoms with van der Waals surface area (Å²) >= 11 is -0.808. The zero-order valence-corrected chi connectivity index (χ0v) is 11.8. The first kappa shape index (κ1) is 13.3. The number of rotatable bonds is 5. The fraction of sp³-hybridized carbons (Fsp3) is 0.545. The van der Waals surface area contributed by atoms with Gasteiger partial charge in [-0.05, 0) is 0 Å². The maximum absolute atomic E-state index is 10.8. The Kier molecular flexibility index (Phi) is 5.11. The van der Waals surface area contributed by atoms with Gasteiger partial charge in [0.1, 0.15) is 0 Å². The fourth-order valence-electron chi connectivity index (χ4n) is 1.81. The molecule has 0 bridgehead atoms. The summed E-state index contributed by atoms with van der Waals surface area (Å²) in [5, 5.41) is 8.91. The molecule has 1 rings (SSSR count). The predicted octanol–water partition coefficient (Wildman–Crippen LogP) is -1.24. The van der Waals surface area contributed by atoms with Crippen molar-refractivity contribution in [2.24, 2.45) is 0 Å². The number of halogens is 1. The summed E-state index contributed by atoms with van der Waals surface area (Å²) in [5.74, 6) is 1.07. The molecule has 0 aromatic carbocycles. The number of carbonyl (C=O) groups is 1. The van der Waals surface area contributed by atoms with Crippen molar-refractivity contribution < 1.29 is 31.1 Å². The van der Waals surface area contributed by atoms with E-state index in [-0.39, 0.29) is 4.05 Å². The summed E-state index contributed by atoms with van der Waals surface area (Å²) in [6, 6.07) is 0. The first-order chi connectivity index (χ1) is 7.56. The molecule has 0 amide bonds. The van der Waals surface area contributed by atoms with Crippen LogP contribution in [0.5, 0.6) is 0 Å². The van der Waals surface area contributed by atoms with E-state index >= 15 is 0 Å². The van der Waals surface area contributed by atoms with Crippen LogP contribution in [-0.2, 0) is 0 Å². The van der Waals surface area contributed by atoms with Crippen LogP contribution in [0.15, 0.2) is 24.6 Å². The van der Waals surface area contributed by atoms with E-state index in [0.717, 1.165) is 25.2 Å². The van der Waals surface area contributed by atoms with E-state index in [2.05, 4.69) is 11.5 Å². The number of alkyl halides is 1. The molecule has 16 heavy (non-hydrogen) atoms. The SMILES string of the molecule is C=C/C=C(\N(C)C)N1CCCC1[I-]C(=O)O. The third kappa shape index (κ3) is 3.40. The van der Waals surface area contributed by atoms with Gasteiger partial charge in [-0.25, -0.2) is 0 Å². The van der Waals surface area contributed by atoms with Gasteiger partial charge in [0.2, 0.25) is 0 Å². The van der Waals surface area contributed by atoms with Crippen LogP contribution in [0.2, 0.25) is 0 Å². The van der Waals surface area contributed by atoms with E-state index in [1.54, 1.807) is 6.08 Å². The molecule has 1 saturated heterocycles. The van der Waals surface area contributed by atoms with Crippen molar-refractivity contribution in [1.29, 1.82) is 0 Å². The Hall–Kier alpha value is -0.720. The Labute approximate surface area is 107 Å². The first-order valence-electron chi connectivity index (χ1n) is 5.19. The second-order valence-corrected chi connectivity index (χ2v) is 6.77. The van der Waals surface area contributed by atoms with Crippen LogP contribution in [-0.4, -0.2) is 43.6 Å². The molecular weight excluding hydrogens is 319 g/mol. The Morgan fingerprint density at radius 3 is 2.81 bits per heavy atom. The summed E-state index contributed by atoms with van der Waals surface area (Å²) in [6.07, 6.45) is 5.79. The topological polar surface area (TPSA) is 43.8 Å². The summed E-state index contributed by atoms with van der Waals surface area (Å²) in [6.45, 7) is 4.66. The number of hydrogen-bond donors (Lipinski definition) is 1. The normalized spacial score (nSPS) is 21.2. The van der Waals surface area contributed by atoms with Crippen LogP contribution < -0.4 is 21.2 Å². The average molecular weight is 337 g/mol. The molecule has 92 valence electrons. The summed E-state index contributed by atoms with van der Waals surface area (Å²) in [4.78, 5) is 15.1. The van der Waals surface area contributed by atoms with Crippen molar-refractivity contribution >= 4 is 3.98 Å². The van der Waals surface area contributed by atoms with E-state index < -0.39 is 25.2 Å². The molecule has 0 radical (unpaired) electrons. The van der Waals surface area contributed by atoms with Crippen LogP contribution in [0, 0.1) is 0 Å². The van der Waals surface area contributed by atoms with Gasteiger partial charge < -0.3 is 0 Å². The second-order valence-electron chi connectivity index (χ2n) is 3.79. The molecule has 4 nitrogen and oxygen atoms in total. The molecule has 1 unspecified atom stereocenters. The van der Waals surface area contributed by atoms with E-state index in [1.807, 2.05) is 25.1 Å². The summed E-state index contributed by atoms with van der Waals surface area (Å²) in [5.41, 5.74) is 0. The van der Waals surface area contributed by atoms with Gasteiger partial charge in [-0.2, -0.15) is 0 Å². The molecule has 1 fully saturated rings. The fourth-order valence-corrected chi connectivity index (χ4v) is 4.08. The van der Waals surface area contributed by atoms with Crippen molar-refractivity contribution in [3.8, 4) is 0 Å². The minimum atomic E-state index is -0.808. The molecule has 1 atom stereocenters. The van der Waals surface area contributed by atoms with Crippen LogP contribution in [0.3, 0.4) is 0 Å². The molecule has 0 saturated carbocycles. The third-order valence-corrected chi connectivity index (χ3v) is 4.97. The van der Waals surface area contributed by atoms with Gasteiger partial charge in [0.15, 0.2) is 0 Å². The number of hydrogen-bond acceptors (Lipinski definition) is 3. The summed E-state index contributed by atoms with van der Waals surface area (Å²) < 4.78 is -0.391. The molecule has 1 heterocycles. The van der Waals surface area contributed by atoms with E-state index in [1.165, 1.54) is 0 Å². The molecule has 1 aliphatic rings. The monoisotopic (exact) mass is 337 g/mol. The average Bonchev–Trinajstić information content (AvgIpc) is 2.60. The molecule has 0 aromatic heterocycles. The van der Waals surface area contributed by atoms with E-state index in [0.29, 0.717) is 0 Å². The minimum absolute atomic E-state index is 0.227. The Morgan fingerprint density at radius 1 is 1.62 bits per heavy atom. The van der Waals surface area contributed by atoms with Crippen LogP contribution in [0.4, 0.5) is 4.79 Å². The van der Waals surface area contributed by atoms with Gasteiger partial charge >= 0.3 is 107 Å².